The summed E-state index contributed by atoms with van der Waals surface area (Å²) in [4.78, 5) is 12.3. The van der Waals surface area contributed by atoms with Crippen LogP contribution in [0.4, 0.5) is 5.69 Å². The molecule has 17 heavy (non-hydrogen) atoms. The van der Waals surface area contributed by atoms with Gasteiger partial charge in [-0.15, -0.1) is 11.8 Å². The standard InChI is InChI=1S/C10H14ClN3O2S/c1-16-5-9(10(15)14-13)17-6-2-3-8(12)7(11)4-6/h2-4,9H,5,12-13H2,1H3,(H,14,15). The Morgan fingerprint density at radius 2 is 2.35 bits per heavy atom. The maximum atomic E-state index is 11.5. The Balaban J connectivity index is 2.78. The van der Waals surface area contributed by atoms with E-state index in [-0.39, 0.29) is 12.5 Å². The van der Waals surface area contributed by atoms with E-state index in [9.17, 15) is 4.79 Å². The number of hydrogen-bond acceptors (Lipinski definition) is 5. The first kappa shape index (κ1) is 14.1. The summed E-state index contributed by atoms with van der Waals surface area (Å²) >= 11 is 7.20. The van der Waals surface area contributed by atoms with Crippen molar-refractivity contribution >= 4 is 35.0 Å². The Kier molecular flexibility index (Phi) is 5.57. The molecule has 0 spiro atoms. The third-order valence-corrected chi connectivity index (χ3v) is 3.49. The maximum absolute atomic E-state index is 11.5. The number of amides is 1. The molecule has 0 radical (unpaired) electrons. The molecule has 0 fully saturated rings. The average Bonchev–Trinajstić information content (AvgIpc) is 2.32. The van der Waals surface area contributed by atoms with Gasteiger partial charge in [0.25, 0.3) is 0 Å². The lowest BCUT2D eigenvalue weighted by atomic mass is 10.3. The number of nitrogen functional groups attached to an aromatic ring is 1. The molecule has 1 amide bonds. The van der Waals surface area contributed by atoms with Crippen LogP contribution in [0.5, 0.6) is 0 Å². The predicted octanol–water partition coefficient (Wildman–Crippen LogP) is 1.02. The largest absolute Gasteiger partial charge is 0.398 e. The number of rotatable bonds is 5. The van der Waals surface area contributed by atoms with E-state index in [1.54, 1.807) is 18.2 Å². The van der Waals surface area contributed by atoms with E-state index in [0.29, 0.717) is 10.7 Å². The van der Waals surface area contributed by atoms with E-state index >= 15 is 0 Å². The van der Waals surface area contributed by atoms with Crippen LogP contribution in [0.25, 0.3) is 0 Å². The second kappa shape index (κ2) is 6.70. The number of carbonyl (C=O) groups is 1. The fourth-order valence-electron chi connectivity index (χ4n) is 1.15. The Hall–Kier alpha value is -0.950. The summed E-state index contributed by atoms with van der Waals surface area (Å²) in [7, 11) is 1.52. The van der Waals surface area contributed by atoms with E-state index in [1.807, 2.05) is 0 Å². The number of ether oxygens (including phenoxy) is 1. The van der Waals surface area contributed by atoms with Crippen LogP contribution in [0, 0.1) is 0 Å². The summed E-state index contributed by atoms with van der Waals surface area (Å²) in [5, 5.41) is 0.0315. The molecule has 1 unspecified atom stereocenters. The van der Waals surface area contributed by atoms with Crippen LogP contribution in [0.2, 0.25) is 5.02 Å². The Morgan fingerprint density at radius 3 is 2.88 bits per heavy atom. The molecular weight excluding hydrogens is 262 g/mol. The molecule has 7 heteroatoms. The quantitative estimate of drug-likeness (QED) is 0.245. The highest BCUT2D eigenvalue weighted by Crippen LogP contribution is 2.29. The van der Waals surface area contributed by atoms with Gasteiger partial charge in [0.15, 0.2) is 0 Å². The molecule has 1 atom stereocenters. The smallest absolute Gasteiger partial charge is 0.249 e. The summed E-state index contributed by atoms with van der Waals surface area (Å²) in [6, 6.07) is 5.18. The van der Waals surface area contributed by atoms with Crippen molar-refractivity contribution in [3.8, 4) is 0 Å². The van der Waals surface area contributed by atoms with E-state index in [1.165, 1.54) is 18.9 Å². The Labute approximate surface area is 109 Å². The van der Waals surface area contributed by atoms with Crippen molar-refractivity contribution in [2.45, 2.75) is 10.1 Å². The van der Waals surface area contributed by atoms with E-state index in [4.69, 9.17) is 27.9 Å². The molecule has 0 bridgehead atoms. The molecule has 0 aromatic heterocycles. The first-order chi connectivity index (χ1) is 8.08. The Bertz CT molecular complexity index is 403. The SMILES string of the molecule is COCC(Sc1ccc(N)c(Cl)c1)C(=O)NN. The van der Waals surface area contributed by atoms with Gasteiger partial charge in [0, 0.05) is 12.0 Å². The molecular formula is C10H14ClN3O2S. The number of methoxy groups -OCH3 is 1. The lowest BCUT2D eigenvalue weighted by molar-refractivity contribution is -0.121. The summed E-state index contributed by atoms with van der Waals surface area (Å²) in [5.74, 6) is 4.80. The van der Waals surface area contributed by atoms with Gasteiger partial charge in [-0.2, -0.15) is 0 Å². The Morgan fingerprint density at radius 1 is 1.65 bits per heavy atom. The first-order valence-electron chi connectivity index (χ1n) is 4.79. The minimum Gasteiger partial charge on any atom is -0.398 e. The molecule has 0 saturated heterocycles. The molecule has 94 valence electrons. The minimum atomic E-state index is -0.426. The molecule has 1 rings (SSSR count). The fourth-order valence-corrected chi connectivity index (χ4v) is 2.44. The zero-order valence-electron chi connectivity index (χ0n) is 9.27. The minimum absolute atomic E-state index is 0.260. The first-order valence-corrected chi connectivity index (χ1v) is 6.05. The molecule has 1 aromatic rings. The van der Waals surface area contributed by atoms with E-state index in [2.05, 4.69) is 5.43 Å². The van der Waals surface area contributed by atoms with Crippen LogP contribution in [-0.4, -0.2) is 24.9 Å². The molecule has 0 aliphatic rings. The molecule has 0 saturated carbocycles. The zero-order chi connectivity index (χ0) is 12.8. The van der Waals surface area contributed by atoms with Crippen LogP contribution in [-0.2, 0) is 9.53 Å². The molecule has 5 nitrogen and oxygen atoms in total. The second-order valence-electron chi connectivity index (χ2n) is 3.25. The average molecular weight is 276 g/mol. The van der Waals surface area contributed by atoms with Crippen LogP contribution in [0.15, 0.2) is 23.1 Å². The third-order valence-electron chi connectivity index (χ3n) is 2.00. The van der Waals surface area contributed by atoms with Crippen LogP contribution < -0.4 is 17.0 Å². The van der Waals surface area contributed by atoms with Crippen molar-refractivity contribution in [2.24, 2.45) is 5.84 Å². The number of nitrogens with one attached hydrogen (secondary N) is 1. The number of hydrogen-bond donors (Lipinski definition) is 3. The molecule has 0 heterocycles. The summed E-state index contributed by atoms with van der Waals surface area (Å²) in [6.07, 6.45) is 0. The molecule has 5 N–H and O–H groups in total. The lowest BCUT2D eigenvalue weighted by Crippen LogP contribution is -2.39. The number of halogens is 1. The van der Waals surface area contributed by atoms with Gasteiger partial charge < -0.3 is 10.5 Å². The van der Waals surface area contributed by atoms with Crippen molar-refractivity contribution < 1.29 is 9.53 Å². The highest BCUT2D eigenvalue weighted by molar-refractivity contribution is 8.00. The van der Waals surface area contributed by atoms with Crippen molar-refractivity contribution in [3.05, 3.63) is 23.2 Å². The summed E-state index contributed by atoms with van der Waals surface area (Å²) in [5.41, 5.74) is 8.20. The van der Waals surface area contributed by atoms with Crippen molar-refractivity contribution in [1.29, 1.82) is 0 Å². The van der Waals surface area contributed by atoms with Crippen LogP contribution in [0.1, 0.15) is 0 Å². The topological polar surface area (TPSA) is 90.4 Å². The van der Waals surface area contributed by atoms with Gasteiger partial charge in [-0.3, -0.25) is 10.2 Å². The van der Waals surface area contributed by atoms with Gasteiger partial charge in [0.1, 0.15) is 5.25 Å². The number of nitrogens with two attached hydrogens (primary N) is 2. The molecule has 0 aliphatic carbocycles. The van der Waals surface area contributed by atoms with Gasteiger partial charge >= 0.3 is 0 Å². The number of carbonyl (C=O) groups excluding carboxylic acids is 1. The fraction of sp³-hybridized carbons (Fsp3) is 0.300. The van der Waals surface area contributed by atoms with Gasteiger partial charge in [0.2, 0.25) is 5.91 Å². The van der Waals surface area contributed by atoms with Crippen molar-refractivity contribution in [1.82, 2.24) is 5.43 Å². The molecule has 1 aromatic carbocycles. The summed E-state index contributed by atoms with van der Waals surface area (Å²) in [6.45, 7) is 0.260. The van der Waals surface area contributed by atoms with Gasteiger partial charge in [-0.1, -0.05) is 11.6 Å². The zero-order valence-corrected chi connectivity index (χ0v) is 10.8. The maximum Gasteiger partial charge on any atom is 0.249 e. The normalized spacial score (nSPS) is 12.2. The predicted molar refractivity (Wildman–Crippen MR) is 69.7 cm³/mol. The highest BCUT2D eigenvalue weighted by Gasteiger charge is 2.19. The van der Waals surface area contributed by atoms with Gasteiger partial charge in [-0.05, 0) is 18.2 Å². The van der Waals surface area contributed by atoms with Crippen molar-refractivity contribution in [2.75, 3.05) is 19.5 Å². The number of thioether (sulfide) groups is 1. The number of hydrazine groups is 1. The highest BCUT2D eigenvalue weighted by atomic mass is 35.5. The van der Waals surface area contributed by atoms with Crippen molar-refractivity contribution in [3.63, 3.8) is 0 Å². The third kappa shape index (κ3) is 4.08. The van der Waals surface area contributed by atoms with Crippen LogP contribution in [0.3, 0.4) is 0 Å². The number of anilines is 1. The monoisotopic (exact) mass is 275 g/mol. The second-order valence-corrected chi connectivity index (χ2v) is 4.94. The van der Waals surface area contributed by atoms with E-state index < -0.39 is 5.25 Å². The van der Waals surface area contributed by atoms with Gasteiger partial charge in [-0.25, -0.2) is 5.84 Å². The number of benzene rings is 1. The summed E-state index contributed by atoms with van der Waals surface area (Å²) < 4.78 is 4.96. The van der Waals surface area contributed by atoms with Crippen LogP contribution >= 0.6 is 23.4 Å². The van der Waals surface area contributed by atoms with Gasteiger partial charge in [0.05, 0.1) is 17.3 Å². The molecule has 0 aliphatic heterocycles. The lowest BCUT2D eigenvalue weighted by Gasteiger charge is -2.14. The van der Waals surface area contributed by atoms with E-state index in [0.717, 1.165) is 4.90 Å².